The third kappa shape index (κ3) is 6.46. The van der Waals surface area contributed by atoms with Crippen LogP contribution in [0.15, 0.2) is 30.1 Å². The number of likely N-dealkylation sites (N-methyl/N-ethyl adjacent to an activating group) is 1. The minimum Gasteiger partial charge on any atom is -0.495 e. The fourth-order valence-electron chi connectivity index (χ4n) is 3.80. The highest BCUT2D eigenvalue weighted by atomic mass is 35.5. The molecule has 0 bridgehead atoms. The second kappa shape index (κ2) is 11.8. The van der Waals surface area contributed by atoms with Gasteiger partial charge in [-0.2, -0.15) is 0 Å². The van der Waals surface area contributed by atoms with E-state index < -0.39 is 6.03 Å². The maximum absolute atomic E-state index is 13.0. The van der Waals surface area contributed by atoms with Crippen LogP contribution < -0.4 is 30.7 Å². The molecule has 0 aliphatic heterocycles. The van der Waals surface area contributed by atoms with Gasteiger partial charge in [-0.05, 0) is 26.9 Å². The predicted octanol–water partition coefficient (Wildman–Crippen LogP) is 3.86. The van der Waals surface area contributed by atoms with Gasteiger partial charge in [0.1, 0.15) is 39.5 Å². The topological polar surface area (TPSA) is 118 Å². The maximum Gasteiger partial charge on any atom is 0.327 e. The Hall–Kier alpha value is -2.79. The molecule has 0 fully saturated rings. The zero-order chi connectivity index (χ0) is 25.7. The number of anilines is 3. The second-order valence-electron chi connectivity index (χ2n) is 8.46. The zero-order valence-electron chi connectivity index (χ0n) is 20.4. The molecular weight excluding hydrogens is 493 g/mol. The van der Waals surface area contributed by atoms with Gasteiger partial charge in [0.05, 0.1) is 19.9 Å². The molecule has 12 heteroatoms. The summed E-state index contributed by atoms with van der Waals surface area (Å²) in [5.74, 6) is 1.56. The van der Waals surface area contributed by atoms with Crippen molar-refractivity contribution in [3.05, 3.63) is 40.2 Å². The molecule has 2 aromatic rings. The average molecular weight is 524 g/mol. The number of aromatic nitrogens is 2. The van der Waals surface area contributed by atoms with Crippen molar-refractivity contribution in [1.29, 1.82) is 0 Å². The first kappa shape index (κ1) is 26.8. The van der Waals surface area contributed by atoms with Crippen molar-refractivity contribution < 1.29 is 14.3 Å². The highest BCUT2D eigenvalue weighted by Gasteiger charge is 2.24. The number of nitrogens with two attached hydrogens (primary N) is 1. The molecule has 35 heavy (non-hydrogen) atoms. The van der Waals surface area contributed by atoms with E-state index in [1.54, 1.807) is 19.2 Å². The molecular formula is C23H31Cl2N7O3. The van der Waals surface area contributed by atoms with E-state index >= 15 is 0 Å². The highest BCUT2D eigenvalue weighted by Crippen LogP contribution is 2.44. The van der Waals surface area contributed by atoms with Gasteiger partial charge in [-0.1, -0.05) is 34.9 Å². The normalized spacial score (nSPS) is 17.6. The average Bonchev–Trinajstić information content (AvgIpc) is 2.83. The number of benzene rings is 1. The number of methoxy groups -OCH3 is 2. The number of halogens is 2. The highest BCUT2D eigenvalue weighted by molar-refractivity contribution is 6.41. The van der Waals surface area contributed by atoms with Crippen LogP contribution in [0, 0.1) is 0 Å². The number of hydrogen-bond acceptors (Lipinski definition) is 8. The van der Waals surface area contributed by atoms with E-state index in [2.05, 4.69) is 31.6 Å². The predicted molar refractivity (Wildman–Crippen MR) is 140 cm³/mol. The van der Waals surface area contributed by atoms with E-state index in [1.165, 1.54) is 31.0 Å². The van der Waals surface area contributed by atoms with Crippen LogP contribution in [0.2, 0.25) is 10.0 Å². The van der Waals surface area contributed by atoms with Gasteiger partial charge in [0.25, 0.3) is 0 Å². The minimum absolute atomic E-state index is 0.0182. The fourth-order valence-corrected chi connectivity index (χ4v) is 4.40. The van der Waals surface area contributed by atoms with E-state index in [0.29, 0.717) is 23.1 Å². The van der Waals surface area contributed by atoms with Crippen molar-refractivity contribution >= 4 is 46.6 Å². The standard InChI is InChI=1S/C23H31Cl2N7O3/c1-31(2)11-13-6-7-15(14(26)8-13)29-18-10-19(28-12-27-18)32(3)23(33)30-22-20(24)16(34-4)9-17(35-5)21(22)25/h8-10,12,14-15H,6-7,11,26H2,1-5H3,(H,30,33)(H,27,28,29). The van der Waals surface area contributed by atoms with Crippen LogP contribution in [0.25, 0.3) is 0 Å². The third-order valence-corrected chi connectivity index (χ3v) is 6.38. The molecule has 1 heterocycles. The molecule has 1 aromatic heterocycles. The molecule has 10 nitrogen and oxygen atoms in total. The Morgan fingerprint density at radius 2 is 1.80 bits per heavy atom. The molecule has 1 aromatic carbocycles. The smallest absolute Gasteiger partial charge is 0.327 e. The summed E-state index contributed by atoms with van der Waals surface area (Å²) < 4.78 is 10.5. The van der Waals surface area contributed by atoms with Crippen LogP contribution in [0.5, 0.6) is 11.5 Å². The number of amides is 2. The second-order valence-corrected chi connectivity index (χ2v) is 9.22. The number of hydrogen-bond donors (Lipinski definition) is 3. The molecule has 190 valence electrons. The van der Waals surface area contributed by atoms with Gasteiger partial charge in [0, 0.05) is 37.8 Å². The molecule has 0 saturated heterocycles. The Kier molecular flexibility index (Phi) is 9.01. The third-order valence-electron chi connectivity index (χ3n) is 5.63. The molecule has 2 atom stereocenters. The molecule has 1 aliphatic carbocycles. The number of nitrogens with zero attached hydrogens (tertiary/aromatic N) is 4. The molecule has 2 unspecified atom stereocenters. The number of carbonyl (C=O) groups excluding carboxylic acids is 1. The summed E-state index contributed by atoms with van der Waals surface area (Å²) >= 11 is 12.7. The van der Waals surface area contributed by atoms with Crippen molar-refractivity contribution in [3.63, 3.8) is 0 Å². The van der Waals surface area contributed by atoms with E-state index in [4.69, 9.17) is 38.4 Å². The molecule has 3 rings (SSSR count). The van der Waals surface area contributed by atoms with Crippen LogP contribution in [-0.4, -0.2) is 74.9 Å². The number of rotatable bonds is 8. The van der Waals surface area contributed by atoms with Gasteiger partial charge >= 0.3 is 6.03 Å². The lowest BCUT2D eigenvalue weighted by molar-refractivity contribution is 0.258. The molecule has 0 spiro atoms. The molecule has 4 N–H and O–H groups in total. The summed E-state index contributed by atoms with van der Waals surface area (Å²) in [6, 6.07) is 2.58. The van der Waals surface area contributed by atoms with Crippen molar-refractivity contribution in [2.75, 3.05) is 57.4 Å². The first-order chi connectivity index (χ1) is 16.6. The summed E-state index contributed by atoms with van der Waals surface area (Å²) in [6.45, 7) is 0.894. The Bertz CT molecular complexity index is 1070. The number of nitrogens with one attached hydrogen (secondary N) is 2. The number of carbonyl (C=O) groups is 1. The SMILES string of the molecule is COc1cc(OC)c(Cl)c(NC(=O)N(C)c2cc(NC3CCC(CN(C)C)=CC3N)ncn2)c1Cl. The van der Waals surface area contributed by atoms with Crippen LogP contribution in [-0.2, 0) is 0 Å². The van der Waals surface area contributed by atoms with Gasteiger partial charge in [-0.25, -0.2) is 14.8 Å². The summed E-state index contributed by atoms with van der Waals surface area (Å²) in [6.07, 6.45) is 5.33. The molecule has 0 saturated carbocycles. The maximum atomic E-state index is 13.0. The van der Waals surface area contributed by atoms with Crippen molar-refractivity contribution in [2.45, 2.75) is 24.9 Å². The van der Waals surface area contributed by atoms with Gasteiger partial charge in [-0.3, -0.25) is 4.90 Å². The van der Waals surface area contributed by atoms with Crippen molar-refractivity contribution in [2.24, 2.45) is 5.73 Å². The fraction of sp³-hybridized carbons (Fsp3) is 0.435. The summed E-state index contributed by atoms with van der Waals surface area (Å²) in [7, 11) is 8.57. The molecule has 0 radical (unpaired) electrons. The Labute approximate surface area is 215 Å². The van der Waals surface area contributed by atoms with Crippen LogP contribution in [0.3, 0.4) is 0 Å². The van der Waals surface area contributed by atoms with Crippen LogP contribution in [0.1, 0.15) is 12.8 Å². The van der Waals surface area contributed by atoms with Crippen molar-refractivity contribution in [1.82, 2.24) is 14.9 Å². The number of urea groups is 1. The van der Waals surface area contributed by atoms with Gasteiger partial charge < -0.3 is 30.7 Å². The lowest BCUT2D eigenvalue weighted by Gasteiger charge is -2.30. The first-order valence-electron chi connectivity index (χ1n) is 11.0. The molecule has 1 aliphatic rings. The van der Waals surface area contributed by atoms with E-state index in [-0.39, 0.29) is 27.8 Å². The van der Waals surface area contributed by atoms with Gasteiger partial charge in [0.2, 0.25) is 0 Å². The Morgan fingerprint density at radius 1 is 1.14 bits per heavy atom. The van der Waals surface area contributed by atoms with Crippen LogP contribution in [0.4, 0.5) is 22.1 Å². The Morgan fingerprint density at radius 3 is 2.37 bits per heavy atom. The minimum atomic E-state index is -0.514. The summed E-state index contributed by atoms with van der Waals surface area (Å²) in [5.41, 5.74) is 7.87. The van der Waals surface area contributed by atoms with Gasteiger partial charge in [0.15, 0.2) is 0 Å². The quantitative estimate of drug-likeness (QED) is 0.446. The van der Waals surface area contributed by atoms with Crippen LogP contribution >= 0.6 is 23.2 Å². The lowest BCUT2D eigenvalue weighted by Crippen LogP contribution is -2.42. The zero-order valence-corrected chi connectivity index (χ0v) is 21.9. The van der Waals surface area contributed by atoms with E-state index in [1.807, 2.05) is 14.1 Å². The summed E-state index contributed by atoms with van der Waals surface area (Å²) in [5, 5.41) is 6.38. The monoisotopic (exact) mass is 523 g/mol. The van der Waals surface area contributed by atoms with E-state index in [9.17, 15) is 4.79 Å². The number of ether oxygens (including phenoxy) is 2. The van der Waals surface area contributed by atoms with Crippen molar-refractivity contribution in [3.8, 4) is 11.5 Å². The lowest BCUT2D eigenvalue weighted by atomic mass is 9.91. The largest absolute Gasteiger partial charge is 0.495 e. The Balaban J connectivity index is 1.73. The molecule has 2 amide bonds. The van der Waals surface area contributed by atoms with Gasteiger partial charge in [-0.15, -0.1) is 0 Å². The summed E-state index contributed by atoms with van der Waals surface area (Å²) in [4.78, 5) is 25.0. The first-order valence-corrected chi connectivity index (χ1v) is 11.7. The van der Waals surface area contributed by atoms with E-state index in [0.717, 1.165) is 19.4 Å².